The van der Waals surface area contributed by atoms with Gasteiger partial charge in [0.1, 0.15) is 0 Å². The summed E-state index contributed by atoms with van der Waals surface area (Å²) in [5.74, 6) is 0.415. The van der Waals surface area contributed by atoms with Crippen LogP contribution in [0.1, 0.15) is 6.42 Å². The molecule has 2 saturated heterocycles. The van der Waals surface area contributed by atoms with E-state index in [9.17, 15) is 13.2 Å². The predicted molar refractivity (Wildman–Crippen MR) is 99.1 cm³/mol. The Morgan fingerprint density at radius 3 is 2.50 bits per heavy atom. The third-order valence-corrected chi connectivity index (χ3v) is 7.03. The van der Waals surface area contributed by atoms with Crippen LogP contribution >= 0.6 is 0 Å². The molecular weight excluding hydrogens is 350 g/mol. The van der Waals surface area contributed by atoms with Gasteiger partial charge in [-0.2, -0.15) is 0 Å². The number of fused-ring (bicyclic) bond motifs is 2. The lowest BCUT2D eigenvalue weighted by Gasteiger charge is -2.23. The second-order valence-corrected chi connectivity index (χ2v) is 9.10. The minimum atomic E-state index is -3.11. The van der Waals surface area contributed by atoms with Crippen molar-refractivity contribution in [2.24, 2.45) is 5.92 Å². The Morgan fingerprint density at radius 2 is 1.69 bits per heavy atom. The molecule has 2 aromatic carbocycles. The Balaban J connectivity index is 1.73. The number of amides is 1. The molecule has 2 atom stereocenters. The van der Waals surface area contributed by atoms with E-state index in [1.54, 1.807) is 4.90 Å². The van der Waals surface area contributed by atoms with Gasteiger partial charge in [-0.1, -0.05) is 30.3 Å². The molecular formula is C19H17N3O3S. The van der Waals surface area contributed by atoms with E-state index in [0.717, 1.165) is 16.7 Å². The van der Waals surface area contributed by atoms with Gasteiger partial charge in [0.05, 0.1) is 28.6 Å². The van der Waals surface area contributed by atoms with Crippen LogP contribution in [0.5, 0.6) is 0 Å². The Labute approximate surface area is 151 Å². The van der Waals surface area contributed by atoms with E-state index in [4.69, 9.17) is 4.98 Å². The van der Waals surface area contributed by atoms with Crippen molar-refractivity contribution in [3.8, 4) is 5.69 Å². The molecule has 0 radical (unpaired) electrons. The van der Waals surface area contributed by atoms with Gasteiger partial charge in [-0.25, -0.2) is 13.4 Å². The number of hydrogen-bond donors (Lipinski definition) is 0. The molecule has 26 heavy (non-hydrogen) atoms. The summed E-state index contributed by atoms with van der Waals surface area (Å²) in [5, 5.41) is 0. The minimum absolute atomic E-state index is 0.0153. The van der Waals surface area contributed by atoms with Crippen molar-refractivity contribution >= 4 is 32.7 Å². The quantitative estimate of drug-likeness (QED) is 0.696. The SMILES string of the molecule is O=C1CC2CS(=O)(=O)CC2N1c1nc2ccccc2n1-c1ccccc1. The standard InChI is InChI=1S/C19H17N3O3S/c23-18-10-13-11-26(24,25)12-17(13)22(18)19-20-15-8-4-5-9-16(15)21(19)14-6-2-1-3-7-14/h1-9,13,17H,10-12H2. The summed E-state index contributed by atoms with van der Waals surface area (Å²) < 4.78 is 26.1. The molecule has 2 aliphatic heterocycles. The van der Waals surface area contributed by atoms with Crippen molar-refractivity contribution in [3.05, 3.63) is 54.6 Å². The molecule has 0 spiro atoms. The number of hydrogen-bond acceptors (Lipinski definition) is 4. The summed E-state index contributed by atoms with van der Waals surface area (Å²) in [6.45, 7) is 0. The highest BCUT2D eigenvalue weighted by Gasteiger charge is 2.50. The molecule has 6 nitrogen and oxygen atoms in total. The summed E-state index contributed by atoms with van der Waals surface area (Å²) in [6.07, 6.45) is 0.266. The van der Waals surface area contributed by atoms with E-state index in [1.807, 2.05) is 59.2 Å². The Morgan fingerprint density at radius 1 is 0.962 bits per heavy atom. The first-order valence-corrected chi connectivity index (χ1v) is 10.4. The first-order valence-electron chi connectivity index (χ1n) is 8.59. The molecule has 1 aromatic heterocycles. The van der Waals surface area contributed by atoms with Crippen LogP contribution in [0.15, 0.2) is 54.6 Å². The molecule has 5 rings (SSSR count). The molecule has 2 aliphatic rings. The van der Waals surface area contributed by atoms with E-state index < -0.39 is 9.84 Å². The van der Waals surface area contributed by atoms with Crippen molar-refractivity contribution in [2.75, 3.05) is 16.4 Å². The lowest BCUT2D eigenvalue weighted by molar-refractivity contribution is -0.117. The smallest absolute Gasteiger partial charge is 0.230 e. The lowest BCUT2D eigenvalue weighted by atomic mass is 10.1. The van der Waals surface area contributed by atoms with Crippen molar-refractivity contribution in [1.29, 1.82) is 0 Å². The first kappa shape index (κ1) is 15.6. The van der Waals surface area contributed by atoms with E-state index in [0.29, 0.717) is 5.95 Å². The summed E-state index contributed by atoms with van der Waals surface area (Å²) in [4.78, 5) is 19.1. The van der Waals surface area contributed by atoms with Gasteiger partial charge in [-0.3, -0.25) is 14.3 Å². The summed E-state index contributed by atoms with van der Waals surface area (Å²) >= 11 is 0. The zero-order chi connectivity index (χ0) is 17.9. The molecule has 3 aromatic rings. The molecule has 7 heteroatoms. The topological polar surface area (TPSA) is 72.3 Å². The maximum atomic E-state index is 12.7. The molecule has 2 unspecified atom stereocenters. The van der Waals surface area contributed by atoms with Crippen molar-refractivity contribution < 1.29 is 13.2 Å². The Bertz CT molecular complexity index is 1120. The largest absolute Gasteiger partial charge is 0.278 e. The number of sulfone groups is 1. The summed E-state index contributed by atoms with van der Waals surface area (Å²) in [5.41, 5.74) is 2.57. The number of imidazole rings is 1. The second kappa shape index (κ2) is 5.41. The Hall–Kier alpha value is -2.67. The van der Waals surface area contributed by atoms with Gasteiger partial charge in [-0.15, -0.1) is 0 Å². The number of para-hydroxylation sites is 3. The minimum Gasteiger partial charge on any atom is -0.278 e. The number of rotatable bonds is 2. The van der Waals surface area contributed by atoms with Crippen molar-refractivity contribution in [3.63, 3.8) is 0 Å². The van der Waals surface area contributed by atoms with E-state index in [2.05, 4.69) is 0 Å². The zero-order valence-corrected chi connectivity index (χ0v) is 14.8. The van der Waals surface area contributed by atoms with Crippen LogP contribution in [0.2, 0.25) is 0 Å². The molecule has 0 bridgehead atoms. The average molecular weight is 367 g/mol. The third kappa shape index (κ3) is 2.27. The number of aromatic nitrogens is 2. The second-order valence-electron chi connectivity index (χ2n) is 6.94. The van der Waals surface area contributed by atoms with Crippen LogP contribution in [0.3, 0.4) is 0 Å². The van der Waals surface area contributed by atoms with E-state index in [1.165, 1.54) is 0 Å². The van der Waals surface area contributed by atoms with E-state index in [-0.39, 0.29) is 35.8 Å². The van der Waals surface area contributed by atoms with Crippen molar-refractivity contribution in [2.45, 2.75) is 12.5 Å². The fourth-order valence-electron chi connectivity index (χ4n) is 4.16. The molecule has 132 valence electrons. The first-order chi connectivity index (χ1) is 12.5. The van der Waals surface area contributed by atoms with Crippen LogP contribution in [-0.2, 0) is 14.6 Å². The lowest BCUT2D eigenvalue weighted by Crippen LogP contribution is -2.38. The third-order valence-electron chi connectivity index (χ3n) is 5.25. The number of benzene rings is 2. The average Bonchev–Trinajstić information content (AvgIpc) is 3.21. The fraction of sp³-hybridized carbons (Fsp3) is 0.263. The fourth-order valence-corrected chi connectivity index (χ4v) is 6.23. The molecule has 0 saturated carbocycles. The van der Waals surface area contributed by atoms with Crippen LogP contribution < -0.4 is 4.90 Å². The van der Waals surface area contributed by atoms with Crippen LogP contribution in [0, 0.1) is 5.92 Å². The van der Waals surface area contributed by atoms with Crippen LogP contribution in [0.25, 0.3) is 16.7 Å². The normalized spacial score (nSPS) is 24.3. The van der Waals surface area contributed by atoms with Gasteiger partial charge in [0.15, 0.2) is 9.84 Å². The highest BCUT2D eigenvalue weighted by atomic mass is 32.2. The number of nitrogens with zero attached hydrogens (tertiary/aromatic N) is 3. The zero-order valence-electron chi connectivity index (χ0n) is 13.9. The highest BCUT2D eigenvalue weighted by molar-refractivity contribution is 7.91. The van der Waals surface area contributed by atoms with Crippen LogP contribution in [-0.4, -0.2) is 41.4 Å². The van der Waals surface area contributed by atoms with Crippen LogP contribution in [0.4, 0.5) is 5.95 Å². The van der Waals surface area contributed by atoms with Gasteiger partial charge < -0.3 is 0 Å². The number of carbonyl (C=O) groups excluding carboxylic acids is 1. The van der Waals surface area contributed by atoms with Gasteiger partial charge in [-0.05, 0) is 24.3 Å². The monoisotopic (exact) mass is 367 g/mol. The molecule has 0 aliphatic carbocycles. The number of carbonyl (C=O) groups is 1. The van der Waals surface area contributed by atoms with Crippen molar-refractivity contribution in [1.82, 2.24) is 9.55 Å². The summed E-state index contributed by atoms with van der Waals surface area (Å²) in [7, 11) is -3.11. The van der Waals surface area contributed by atoms with Gasteiger partial charge >= 0.3 is 0 Å². The van der Waals surface area contributed by atoms with Gasteiger partial charge in [0.25, 0.3) is 0 Å². The maximum Gasteiger partial charge on any atom is 0.230 e. The maximum absolute atomic E-state index is 12.7. The molecule has 1 amide bonds. The Kier molecular flexibility index (Phi) is 3.24. The molecule has 0 N–H and O–H groups in total. The predicted octanol–water partition coefficient (Wildman–Crippen LogP) is 2.18. The molecule has 2 fully saturated rings. The number of anilines is 1. The molecule has 3 heterocycles. The van der Waals surface area contributed by atoms with Gasteiger partial charge in [0, 0.05) is 18.0 Å². The van der Waals surface area contributed by atoms with Gasteiger partial charge in [0.2, 0.25) is 11.9 Å². The summed E-state index contributed by atoms with van der Waals surface area (Å²) in [6, 6.07) is 17.1. The highest BCUT2D eigenvalue weighted by Crippen LogP contribution is 2.38. The van der Waals surface area contributed by atoms with E-state index >= 15 is 0 Å².